The highest BCUT2D eigenvalue weighted by Crippen LogP contribution is 2.25. The van der Waals surface area contributed by atoms with Crippen LogP contribution < -0.4 is 15.5 Å². The highest BCUT2D eigenvalue weighted by atomic mass is 35.5. The van der Waals surface area contributed by atoms with Gasteiger partial charge in [0, 0.05) is 28.4 Å². The van der Waals surface area contributed by atoms with Gasteiger partial charge in [0.25, 0.3) is 10.0 Å². The van der Waals surface area contributed by atoms with E-state index in [0.717, 1.165) is 16.9 Å². The van der Waals surface area contributed by atoms with Crippen molar-refractivity contribution in [3.63, 3.8) is 0 Å². The van der Waals surface area contributed by atoms with Crippen LogP contribution in [0.5, 0.6) is 0 Å². The molecule has 0 aliphatic heterocycles. The Hall–Kier alpha value is -3.14. The van der Waals surface area contributed by atoms with Gasteiger partial charge < -0.3 is 10.3 Å². The molecular weight excluding hydrogens is 446 g/mol. The summed E-state index contributed by atoms with van der Waals surface area (Å²) < 4.78 is 26.5. The second kappa shape index (κ2) is 7.94. The van der Waals surface area contributed by atoms with Gasteiger partial charge in [-0.15, -0.1) is 11.3 Å². The summed E-state index contributed by atoms with van der Waals surface area (Å²) in [5.74, 6) is 0. The lowest BCUT2D eigenvalue weighted by Gasteiger charge is -2.08. The Kier molecular flexibility index (Phi) is 5.33. The zero-order valence-corrected chi connectivity index (χ0v) is 17.6. The van der Waals surface area contributed by atoms with E-state index in [1.54, 1.807) is 42.6 Å². The molecule has 0 spiro atoms. The van der Waals surface area contributed by atoms with Crippen LogP contribution in [0.2, 0.25) is 4.34 Å². The summed E-state index contributed by atoms with van der Waals surface area (Å²) >= 11 is 6.59. The van der Waals surface area contributed by atoms with E-state index in [1.807, 2.05) is 16.9 Å². The number of pyridine rings is 1. The van der Waals surface area contributed by atoms with Crippen molar-refractivity contribution < 1.29 is 13.2 Å². The summed E-state index contributed by atoms with van der Waals surface area (Å²) in [5, 5.41) is 3.03. The molecule has 0 aliphatic carbocycles. The smallest absolute Gasteiger partial charge is 0.333 e. The largest absolute Gasteiger partial charge is 0.360 e. The first-order chi connectivity index (χ1) is 14.3. The summed E-state index contributed by atoms with van der Waals surface area (Å²) in [5.41, 5.74) is 2.15. The highest BCUT2D eigenvalue weighted by molar-refractivity contribution is 7.92. The first kappa shape index (κ1) is 20.1. The minimum absolute atomic E-state index is 0.0615. The molecule has 2 amide bonds. The van der Waals surface area contributed by atoms with Gasteiger partial charge in [0.1, 0.15) is 4.21 Å². The van der Waals surface area contributed by atoms with Crippen molar-refractivity contribution >= 4 is 55.6 Å². The minimum Gasteiger partial charge on any atom is -0.360 e. The number of amides is 2. The Morgan fingerprint density at radius 3 is 2.43 bits per heavy atom. The molecule has 3 N–H and O–H groups in total. The van der Waals surface area contributed by atoms with E-state index < -0.39 is 16.1 Å². The molecule has 0 aliphatic rings. The second-order valence-corrected chi connectivity index (χ2v) is 9.90. The minimum atomic E-state index is -4.01. The van der Waals surface area contributed by atoms with E-state index in [-0.39, 0.29) is 9.64 Å². The molecule has 4 rings (SSSR count). The monoisotopic (exact) mass is 459 g/mol. The molecule has 2 aromatic heterocycles. The van der Waals surface area contributed by atoms with Gasteiger partial charge in [0.15, 0.2) is 5.43 Å². The van der Waals surface area contributed by atoms with Crippen molar-refractivity contribution in [2.24, 2.45) is 0 Å². The Morgan fingerprint density at radius 1 is 1.00 bits per heavy atom. The normalized spacial score (nSPS) is 11.4. The zero-order valence-electron chi connectivity index (χ0n) is 15.2. The number of aromatic amines is 1. The number of para-hydroxylation sites is 1. The van der Waals surface area contributed by atoms with Gasteiger partial charge in [-0.1, -0.05) is 35.9 Å². The van der Waals surface area contributed by atoms with Gasteiger partial charge in [-0.2, -0.15) is 0 Å². The predicted molar refractivity (Wildman–Crippen MR) is 119 cm³/mol. The van der Waals surface area contributed by atoms with Crippen molar-refractivity contribution in [1.29, 1.82) is 0 Å². The predicted octanol–water partition coefficient (Wildman–Crippen LogP) is 4.42. The van der Waals surface area contributed by atoms with Crippen LogP contribution in [-0.2, 0) is 10.0 Å². The fourth-order valence-electron chi connectivity index (χ4n) is 2.89. The number of aromatic nitrogens is 1. The number of H-pyrrole nitrogens is 1. The van der Waals surface area contributed by atoms with Crippen molar-refractivity contribution in [2.75, 3.05) is 5.32 Å². The number of urea groups is 1. The highest BCUT2D eigenvalue weighted by Gasteiger charge is 2.19. The molecular formula is C20H14ClN3O4S2. The molecule has 0 atom stereocenters. The lowest BCUT2D eigenvalue weighted by Crippen LogP contribution is -2.33. The standard InChI is InChI=1S/C20H14ClN3O4S2/c21-17-9-10-18(29-17)30(27,28)24-20(26)23-13-7-5-12(6-8-13)15-11-22-16-4-2-1-3-14(16)19(15)25/h1-11H,(H,22,25)(H2,23,24,26). The maximum Gasteiger partial charge on any atom is 0.333 e. The van der Waals surface area contributed by atoms with Crippen LogP contribution in [0.3, 0.4) is 0 Å². The fourth-order valence-corrected chi connectivity index (χ4v) is 5.28. The number of rotatable bonds is 4. The van der Waals surface area contributed by atoms with Gasteiger partial charge in [0.05, 0.1) is 4.34 Å². The van der Waals surface area contributed by atoms with Crippen LogP contribution in [0, 0.1) is 0 Å². The van der Waals surface area contributed by atoms with E-state index >= 15 is 0 Å². The molecule has 0 radical (unpaired) electrons. The number of thiophene rings is 1. The lowest BCUT2D eigenvalue weighted by molar-refractivity contribution is 0.256. The topological polar surface area (TPSA) is 108 Å². The summed E-state index contributed by atoms with van der Waals surface area (Å²) in [6.07, 6.45) is 1.64. The molecule has 0 bridgehead atoms. The number of carbonyl (C=O) groups is 1. The van der Waals surface area contributed by atoms with E-state index in [4.69, 9.17) is 11.6 Å². The number of halogens is 1. The molecule has 0 saturated carbocycles. The second-order valence-electron chi connectivity index (χ2n) is 6.27. The van der Waals surface area contributed by atoms with Crippen LogP contribution >= 0.6 is 22.9 Å². The number of carbonyl (C=O) groups excluding carboxylic acids is 1. The number of sulfonamides is 1. The first-order valence-electron chi connectivity index (χ1n) is 8.63. The SMILES string of the molecule is O=C(Nc1ccc(-c2c[nH]c3ccccc3c2=O)cc1)NS(=O)(=O)c1ccc(Cl)s1. The molecule has 0 fully saturated rings. The quantitative estimate of drug-likeness (QED) is 0.419. The van der Waals surface area contributed by atoms with Crippen molar-refractivity contribution in [2.45, 2.75) is 4.21 Å². The van der Waals surface area contributed by atoms with Crippen molar-refractivity contribution in [1.82, 2.24) is 9.71 Å². The van der Waals surface area contributed by atoms with Crippen LogP contribution in [-0.4, -0.2) is 19.4 Å². The average Bonchev–Trinajstić information content (AvgIpc) is 3.16. The first-order valence-corrected chi connectivity index (χ1v) is 11.3. The van der Waals surface area contributed by atoms with Crippen LogP contribution in [0.4, 0.5) is 10.5 Å². The Balaban J connectivity index is 1.51. The zero-order chi connectivity index (χ0) is 21.3. The number of benzene rings is 2. The lowest BCUT2D eigenvalue weighted by atomic mass is 10.0. The summed E-state index contributed by atoms with van der Waals surface area (Å²) in [6.45, 7) is 0. The summed E-state index contributed by atoms with van der Waals surface area (Å²) in [6, 6.07) is 15.6. The molecule has 152 valence electrons. The van der Waals surface area contributed by atoms with Crippen LogP contribution in [0.15, 0.2) is 75.9 Å². The molecule has 2 heterocycles. The summed E-state index contributed by atoms with van der Waals surface area (Å²) in [4.78, 5) is 27.9. The molecule has 0 saturated heterocycles. The van der Waals surface area contributed by atoms with Crippen LogP contribution in [0.25, 0.3) is 22.0 Å². The number of anilines is 1. The molecule has 0 unspecified atom stereocenters. The fraction of sp³-hybridized carbons (Fsp3) is 0. The number of fused-ring (bicyclic) bond motifs is 1. The third-order valence-corrected chi connectivity index (χ3v) is 7.34. The Morgan fingerprint density at radius 2 is 1.73 bits per heavy atom. The van der Waals surface area contributed by atoms with Gasteiger partial charge in [-0.05, 0) is 42.0 Å². The van der Waals surface area contributed by atoms with E-state index in [9.17, 15) is 18.0 Å². The molecule has 2 aromatic carbocycles. The average molecular weight is 460 g/mol. The number of hydrogen-bond acceptors (Lipinski definition) is 5. The third-order valence-electron chi connectivity index (χ3n) is 4.28. The van der Waals surface area contributed by atoms with Gasteiger partial charge in [-0.3, -0.25) is 4.79 Å². The van der Waals surface area contributed by atoms with Crippen LogP contribution in [0.1, 0.15) is 0 Å². The molecule has 4 aromatic rings. The van der Waals surface area contributed by atoms with Crippen molar-refractivity contribution in [3.8, 4) is 11.1 Å². The Bertz CT molecular complexity index is 1410. The van der Waals surface area contributed by atoms with E-state index in [2.05, 4.69) is 10.3 Å². The van der Waals surface area contributed by atoms with Gasteiger partial charge >= 0.3 is 6.03 Å². The van der Waals surface area contributed by atoms with Gasteiger partial charge in [0.2, 0.25) is 0 Å². The Labute approximate surface area is 180 Å². The molecule has 10 heteroatoms. The van der Waals surface area contributed by atoms with E-state index in [0.29, 0.717) is 26.5 Å². The maximum atomic E-state index is 12.7. The van der Waals surface area contributed by atoms with Crippen molar-refractivity contribution in [3.05, 3.63) is 81.4 Å². The summed E-state index contributed by atoms with van der Waals surface area (Å²) in [7, 11) is -4.01. The maximum absolute atomic E-state index is 12.7. The third kappa shape index (κ3) is 4.09. The van der Waals surface area contributed by atoms with E-state index in [1.165, 1.54) is 12.1 Å². The molecule has 7 nitrogen and oxygen atoms in total. The van der Waals surface area contributed by atoms with Gasteiger partial charge in [-0.25, -0.2) is 17.9 Å². The number of hydrogen-bond donors (Lipinski definition) is 3. The number of nitrogens with one attached hydrogen (secondary N) is 3. The molecule has 30 heavy (non-hydrogen) atoms.